The number of hydrogen-bond donors (Lipinski definition) is 1. The van der Waals surface area contributed by atoms with E-state index < -0.39 is 0 Å². The number of thiocarbonyl (C=S) groups is 1. The maximum absolute atomic E-state index is 6.31. The number of ether oxygens (including phenoxy) is 2. The van der Waals surface area contributed by atoms with Crippen molar-refractivity contribution in [3.63, 3.8) is 0 Å². The molecule has 1 aliphatic heterocycles. The number of aromatic nitrogens is 1. The molecule has 0 unspecified atom stereocenters. The molecule has 1 fully saturated rings. The quantitative estimate of drug-likeness (QED) is 0.540. The SMILES string of the molecule is CCOc1ccc(-c2ccc([C@@H]3[C@H](c4ccccn4)NC(=S)N3CCOC)o2)cc1. The second-order valence-corrected chi connectivity index (χ2v) is 7.36. The van der Waals surface area contributed by atoms with Crippen molar-refractivity contribution < 1.29 is 13.9 Å². The average molecular weight is 424 g/mol. The summed E-state index contributed by atoms with van der Waals surface area (Å²) in [7, 11) is 1.69. The Labute approximate surface area is 181 Å². The van der Waals surface area contributed by atoms with E-state index in [1.54, 1.807) is 13.3 Å². The molecule has 0 bridgehead atoms. The van der Waals surface area contributed by atoms with Gasteiger partial charge in [0.05, 0.1) is 24.9 Å². The number of pyridine rings is 1. The maximum Gasteiger partial charge on any atom is 0.170 e. The third-order valence-corrected chi connectivity index (χ3v) is 5.45. The fourth-order valence-electron chi connectivity index (χ4n) is 3.69. The molecule has 30 heavy (non-hydrogen) atoms. The lowest BCUT2D eigenvalue weighted by Crippen LogP contribution is -2.32. The third-order valence-electron chi connectivity index (χ3n) is 5.10. The smallest absolute Gasteiger partial charge is 0.170 e. The topological polar surface area (TPSA) is 59.8 Å². The molecule has 1 aliphatic rings. The second kappa shape index (κ2) is 9.28. The number of rotatable bonds is 8. The summed E-state index contributed by atoms with van der Waals surface area (Å²) < 4.78 is 17.1. The predicted octanol–water partition coefficient (Wildman–Crippen LogP) is 4.36. The number of hydrogen-bond acceptors (Lipinski definition) is 5. The van der Waals surface area contributed by atoms with Crippen molar-refractivity contribution in [1.82, 2.24) is 15.2 Å². The number of benzene rings is 1. The van der Waals surface area contributed by atoms with Gasteiger partial charge in [-0.05, 0) is 67.7 Å². The molecule has 1 saturated heterocycles. The van der Waals surface area contributed by atoms with E-state index in [2.05, 4.69) is 15.2 Å². The molecule has 0 radical (unpaired) electrons. The van der Waals surface area contributed by atoms with Gasteiger partial charge in [0.25, 0.3) is 0 Å². The monoisotopic (exact) mass is 423 g/mol. The summed E-state index contributed by atoms with van der Waals surface area (Å²) in [5.74, 6) is 2.48. The summed E-state index contributed by atoms with van der Waals surface area (Å²) >= 11 is 5.62. The zero-order valence-corrected chi connectivity index (χ0v) is 17.9. The van der Waals surface area contributed by atoms with Gasteiger partial charge in [-0.25, -0.2) is 0 Å². The molecular weight excluding hydrogens is 398 g/mol. The van der Waals surface area contributed by atoms with Crippen LogP contribution in [0.3, 0.4) is 0 Å². The van der Waals surface area contributed by atoms with Gasteiger partial charge in [-0.3, -0.25) is 4.98 Å². The van der Waals surface area contributed by atoms with Crippen LogP contribution in [0.2, 0.25) is 0 Å². The maximum atomic E-state index is 6.31. The highest BCUT2D eigenvalue weighted by molar-refractivity contribution is 7.80. The molecule has 3 heterocycles. The largest absolute Gasteiger partial charge is 0.494 e. The number of nitrogens with zero attached hydrogens (tertiary/aromatic N) is 2. The van der Waals surface area contributed by atoms with Gasteiger partial charge in [-0.15, -0.1) is 0 Å². The Morgan fingerprint density at radius 2 is 1.97 bits per heavy atom. The fraction of sp³-hybridized carbons (Fsp3) is 0.304. The average Bonchev–Trinajstić information content (AvgIpc) is 3.38. The molecule has 2 atom stereocenters. The minimum atomic E-state index is -0.112. The summed E-state index contributed by atoms with van der Waals surface area (Å²) in [5, 5.41) is 4.08. The number of furan rings is 1. The Kier molecular flexibility index (Phi) is 6.30. The molecule has 7 heteroatoms. The highest BCUT2D eigenvalue weighted by Crippen LogP contribution is 2.40. The van der Waals surface area contributed by atoms with Crippen molar-refractivity contribution in [2.45, 2.75) is 19.0 Å². The van der Waals surface area contributed by atoms with Crippen molar-refractivity contribution >= 4 is 17.3 Å². The van der Waals surface area contributed by atoms with E-state index >= 15 is 0 Å². The van der Waals surface area contributed by atoms with Gasteiger partial charge in [0.2, 0.25) is 0 Å². The highest BCUT2D eigenvalue weighted by atomic mass is 32.1. The zero-order chi connectivity index (χ0) is 20.9. The summed E-state index contributed by atoms with van der Waals surface area (Å²) in [6.07, 6.45) is 1.79. The Bertz CT molecular complexity index is 975. The number of methoxy groups -OCH3 is 1. The van der Waals surface area contributed by atoms with E-state index in [4.69, 9.17) is 26.1 Å². The van der Waals surface area contributed by atoms with Crippen LogP contribution in [-0.4, -0.2) is 41.9 Å². The lowest BCUT2D eigenvalue weighted by atomic mass is 10.0. The molecular formula is C23H25N3O3S. The normalized spacial score (nSPS) is 18.5. The van der Waals surface area contributed by atoms with E-state index in [1.807, 2.05) is 61.5 Å². The van der Waals surface area contributed by atoms with E-state index in [1.165, 1.54) is 0 Å². The molecule has 0 saturated carbocycles. The van der Waals surface area contributed by atoms with Crippen molar-refractivity contribution in [2.24, 2.45) is 0 Å². The van der Waals surface area contributed by atoms with Crippen LogP contribution >= 0.6 is 12.2 Å². The van der Waals surface area contributed by atoms with Crippen LogP contribution in [0, 0.1) is 0 Å². The molecule has 6 nitrogen and oxygen atoms in total. The van der Waals surface area contributed by atoms with E-state index in [-0.39, 0.29) is 12.1 Å². The van der Waals surface area contributed by atoms with E-state index in [0.717, 1.165) is 28.5 Å². The summed E-state index contributed by atoms with van der Waals surface area (Å²) in [6, 6.07) is 17.6. The number of nitrogens with one attached hydrogen (secondary N) is 1. The zero-order valence-electron chi connectivity index (χ0n) is 17.1. The molecule has 156 valence electrons. The molecule has 1 aromatic carbocycles. The van der Waals surface area contributed by atoms with Crippen molar-refractivity contribution in [3.05, 3.63) is 72.2 Å². The first-order valence-corrected chi connectivity index (χ1v) is 10.4. The fourth-order valence-corrected chi connectivity index (χ4v) is 4.03. The van der Waals surface area contributed by atoms with Crippen molar-refractivity contribution in [2.75, 3.05) is 26.9 Å². The van der Waals surface area contributed by atoms with Gasteiger partial charge >= 0.3 is 0 Å². The Balaban J connectivity index is 1.65. The van der Waals surface area contributed by atoms with Crippen molar-refractivity contribution in [1.29, 1.82) is 0 Å². The minimum absolute atomic E-state index is 0.102. The van der Waals surface area contributed by atoms with Crippen LogP contribution in [0.15, 0.2) is 65.2 Å². The summed E-state index contributed by atoms with van der Waals surface area (Å²) in [6.45, 7) is 3.85. The molecule has 0 amide bonds. The van der Waals surface area contributed by atoms with Crippen LogP contribution in [0.5, 0.6) is 5.75 Å². The molecule has 0 aliphatic carbocycles. The first-order chi connectivity index (χ1) is 14.7. The van der Waals surface area contributed by atoms with Gasteiger partial charge in [0.1, 0.15) is 23.3 Å². The Morgan fingerprint density at radius 1 is 1.13 bits per heavy atom. The summed E-state index contributed by atoms with van der Waals surface area (Å²) in [5.41, 5.74) is 1.92. The van der Waals surface area contributed by atoms with Crippen LogP contribution in [0.4, 0.5) is 0 Å². The lowest BCUT2D eigenvalue weighted by molar-refractivity contribution is 0.158. The standard InChI is InChI=1S/C23H25N3O3S/c1-3-28-17-9-7-16(8-10-17)19-11-12-20(29-19)22-21(18-6-4-5-13-24-18)25-23(30)26(22)14-15-27-2/h4-13,21-22H,3,14-15H2,1-2H3,(H,25,30)/t21-,22+/m0/s1. The predicted molar refractivity (Wildman–Crippen MR) is 119 cm³/mol. The molecule has 4 rings (SSSR count). The first-order valence-electron chi connectivity index (χ1n) is 10.0. The highest BCUT2D eigenvalue weighted by Gasteiger charge is 2.41. The van der Waals surface area contributed by atoms with Gasteiger partial charge in [0, 0.05) is 25.4 Å². The first kappa shape index (κ1) is 20.4. The summed E-state index contributed by atoms with van der Waals surface area (Å²) in [4.78, 5) is 6.65. The van der Waals surface area contributed by atoms with Gasteiger partial charge < -0.3 is 24.1 Å². The van der Waals surface area contributed by atoms with Gasteiger partial charge in [-0.1, -0.05) is 6.07 Å². The van der Waals surface area contributed by atoms with E-state index in [0.29, 0.717) is 24.9 Å². The van der Waals surface area contributed by atoms with Crippen LogP contribution in [0.25, 0.3) is 11.3 Å². The molecule has 3 aromatic rings. The van der Waals surface area contributed by atoms with Crippen molar-refractivity contribution in [3.8, 4) is 17.1 Å². The van der Waals surface area contributed by atoms with Gasteiger partial charge in [-0.2, -0.15) is 0 Å². The van der Waals surface area contributed by atoms with Crippen LogP contribution in [-0.2, 0) is 4.74 Å². The third kappa shape index (κ3) is 4.17. The van der Waals surface area contributed by atoms with Crippen LogP contribution < -0.4 is 10.1 Å². The minimum Gasteiger partial charge on any atom is -0.494 e. The van der Waals surface area contributed by atoms with E-state index in [9.17, 15) is 0 Å². The Hall–Kier alpha value is -2.90. The van der Waals surface area contributed by atoms with Crippen LogP contribution in [0.1, 0.15) is 30.5 Å². The lowest BCUT2D eigenvalue weighted by Gasteiger charge is -2.25. The molecule has 1 N–H and O–H groups in total. The molecule has 0 spiro atoms. The second-order valence-electron chi connectivity index (χ2n) is 6.97. The Morgan fingerprint density at radius 3 is 2.67 bits per heavy atom. The van der Waals surface area contributed by atoms with Gasteiger partial charge in [0.15, 0.2) is 5.11 Å². The molecule has 2 aromatic heterocycles.